The Labute approximate surface area is 122 Å². The van der Waals surface area contributed by atoms with E-state index in [2.05, 4.69) is 24.1 Å². The van der Waals surface area contributed by atoms with Gasteiger partial charge in [-0.1, -0.05) is 26.7 Å². The van der Waals surface area contributed by atoms with Crippen molar-refractivity contribution in [3.63, 3.8) is 0 Å². The number of hydrogen-bond acceptors (Lipinski definition) is 4. The summed E-state index contributed by atoms with van der Waals surface area (Å²) >= 11 is 0. The third-order valence-electron chi connectivity index (χ3n) is 3.48. The molecule has 0 aromatic carbocycles. The molecular formula is C16H28N2O2. The molecule has 0 fully saturated rings. The average molecular weight is 280 g/mol. The van der Waals surface area contributed by atoms with E-state index in [-0.39, 0.29) is 0 Å². The fraction of sp³-hybridized carbons (Fsp3) is 0.688. The van der Waals surface area contributed by atoms with Gasteiger partial charge in [-0.2, -0.15) is 0 Å². The third-order valence-corrected chi connectivity index (χ3v) is 3.48. The molecule has 0 saturated carbocycles. The molecule has 0 aliphatic carbocycles. The quantitative estimate of drug-likeness (QED) is 0.669. The normalized spacial score (nSPS) is 11.1. The Morgan fingerprint density at radius 2 is 2.00 bits per heavy atom. The minimum Gasteiger partial charge on any atom is -0.491 e. The van der Waals surface area contributed by atoms with E-state index in [1.807, 2.05) is 19.1 Å². The zero-order valence-electron chi connectivity index (χ0n) is 13.2. The molecule has 1 aromatic heterocycles. The number of nitrogens with one attached hydrogen (secondary N) is 1. The van der Waals surface area contributed by atoms with Crippen molar-refractivity contribution in [3.8, 4) is 5.75 Å². The van der Waals surface area contributed by atoms with E-state index >= 15 is 0 Å². The standard InChI is InChI=1S/C16H28N2O2/c1-5-14(6-2)12-20-16-8-7-13(3)18-15(16)11-17-9-10-19-4/h7-8,14,17H,5-6,9-12H2,1-4H3. The second-order valence-corrected chi connectivity index (χ2v) is 5.06. The average Bonchev–Trinajstić information content (AvgIpc) is 2.46. The number of hydrogen-bond donors (Lipinski definition) is 1. The molecule has 1 aromatic rings. The topological polar surface area (TPSA) is 43.4 Å². The van der Waals surface area contributed by atoms with Gasteiger partial charge in [-0.3, -0.25) is 4.98 Å². The summed E-state index contributed by atoms with van der Waals surface area (Å²) in [4.78, 5) is 4.57. The van der Waals surface area contributed by atoms with E-state index < -0.39 is 0 Å². The highest BCUT2D eigenvalue weighted by Crippen LogP contribution is 2.19. The number of aryl methyl sites for hydroxylation is 1. The molecule has 0 unspecified atom stereocenters. The van der Waals surface area contributed by atoms with Crippen LogP contribution in [0.25, 0.3) is 0 Å². The monoisotopic (exact) mass is 280 g/mol. The largest absolute Gasteiger partial charge is 0.491 e. The highest BCUT2D eigenvalue weighted by molar-refractivity contribution is 5.29. The van der Waals surface area contributed by atoms with Crippen LogP contribution in [0, 0.1) is 12.8 Å². The molecule has 0 bridgehead atoms. The van der Waals surface area contributed by atoms with Crippen LogP contribution in [0.1, 0.15) is 38.1 Å². The Morgan fingerprint density at radius 1 is 1.25 bits per heavy atom. The lowest BCUT2D eigenvalue weighted by atomic mass is 10.1. The van der Waals surface area contributed by atoms with Gasteiger partial charge in [-0.05, 0) is 25.0 Å². The number of rotatable bonds is 10. The van der Waals surface area contributed by atoms with Crippen molar-refractivity contribution >= 4 is 0 Å². The second kappa shape index (κ2) is 9.72. The fourth-order valence-corrected chi connectivity index (χ4v) is 1.97. The first-order chi connectivity index (χ1) is 9.71. The lowest BCUT2D eigenvalue weighted by Gasteiger charge is -2.16. The number of pyridine rings is 1. The van der Waals surface area contributed by atoms with Crippen LogP contribution in [0.3, 0.4) is 0 Å². The maximum atomic E-state index is 5.96. The molecule has 4 nitrogen and oxygen atoms in total. The molecule has 0 spiro atoms. The zero-order valence-corrected chi connectivity index (χ0v) is 13.2. The van der Waals surface area contributed by atoms with Gasteiger partial charge in [0, 0.05) is 25.9 Å². The van der Waals surface area contributed by atoms with Crippen molar-refractivity contribution in [2.45, 2.75) is 40.2 Å². The van der Waals surface area contributed by atoms with Gasteiger partial charge in [0.2, 0.25) is 0 Å². The molecule has 4 heteroatoms. The highest BCUT2D eigenvalue weighted by atomic mass is 16.5. The van der Waals surface area contributed by atoms with Crippen LogP contribution in [0.4, 0.5) is 0 Å². The Hall–Kier alpha value is -1.13. The fourth-order valence-electron chi connectivity index (χ4n) is 1.97. The predicted molar refractivity (Wildman–Crippen MR) is 82.1 cm³/mol. The molecule has 0 aliphatic heterocycles. The Morgan fingerprint density at radius 3 is 2.65 bits per heavy atom. The lowest BCUT2D eigenvalue weighted by molar-refractivity contribution is 0.198. The van der Waals surface area contributed by atoms with Gasteiger partial charge in [0.15, 0.2) is 0 Å². The van der Waals surface area contributed by atoms with Crippen molar-refractivity contribution in [1.29, 1.82) is 0 Å². The van der Waals surface area contributed by atoms with Crippen LogP contribution in [0.15, 0.2) is 12.1 Å². The predicted octanol–water partition coefficient (Wildman–Crippen LogP) is 2.94. The van der Waals surface area contributed by atoms with Crippen LogP contribution < -0.4 is 10.1 Å². The Bertz CT molecular complexity index is 379. The van der Waals surface area contributed by atoms with E-state index in [1.165, 1.54) is 0 Å². The summed E-state index contributed by atoms with van der Waals surface area (Å²) in [6.45, 7) is 9.42. The molecule has 20 heavy (non-hydrogen) atoms. The van der Waals surface area contributed by atoms with E-state index in [1.54, 1.807) is 7.11 Å². The summed E-state index contributed by atoms with van der Waals surface area (Å²) in [6, 6.07) is 4.03. The summed E-state index contributed by atoms with van der Waals surface area (Å²) in [6.07, 6.45) is 2.30. The number of methoxy groups -OCH3 is 1. The van der Waals surface area contributed by atoms with Gasteiger partial charge < -0.3 is 14.8 Å². The van der Waals surface area contributed by atoms with Crippen LogP contribution in [0.5, 0.6) is 5.75 Å². The van der Waals surface area contributed by atoms with Crippen LogP contribution in [-0.4, -0.2) is 31.9 Å². The third kappa shape index (κ3) is 5.88. The van der Waals surface area contributed by atoms with E-state index in [0.29, 0.717) is 19.1 Å². The SMILES string of the molecule is CCC(CC)COc1ccc(C)nc1CNCCOC. The zero-order chi connectivity index (χ0) is 14.8. The molecule has 0 radical (unpaired) electrons. The van der Waals surface area contributed by atoms with Gasteiger partial charge in [0.05, 0.1) is 18.9 Å². The number of ether oxygens (including phenoxy) is 2. The van der Waals surface area contributed by atoms with Crippen molar-refractivity contribution in [2.24, 2.45) is 5.92 Å². The number of aromatic nitrogens is 1. The van der Waals surface area contributed by atoms with Crippen LogP contribution >= 0.6 is 0 Å². The van der Waals surface area contributed by atoms with Crippen molar-refractivity contribution in [3.05, 3.63) is 23.5 Å². The molecular weight excluding hydrogens is 252 g/mol. The lowest BCUT2D eigenvalue weighted by Crippen LogP contribution is -2.20. The first-order valence-corrected chi connectivity index (χ1v) is 7.50. The molecule has 0 amide bonds. The molecule has 0 saturated heterocycles. The maximum Gasteiger partial charge on any atom is 0.142 e. The minimum absolute atomic E-state index is 0.616. The number of nitrogens with zero attached hydrogens (tertiary/aromatic N) is 1. The molecule has 1 N–H and O–H groups in total. The van der Waals surface area contributed by atoms with Gasteiger partial charge in [0.1, 0.15) is 5.75 Å². The second-order valence-electron chi connectivity index (χ2n) is 5.06. The highest BCUT2D eigenvalue weighted by Gasteiger charge is 2.09. The summed E-state index contributed by atoms with van der Waals surface area (Å²) in [5.41, 5.74) is 2.00. The van der Waals surface area contributed by atoms with Crippen LogP contribution in [-0.2, 0) is 11.3 Å². The van der Waals surface area contributed by atoms with E-state index in [9.17, 15) is 0 Å². The molecule has 1 heterocycles. The van der Waals surface area contributed by atoms with E-state index in [4.69, 9.17) is 9.47 Å². The Balaban J connectivity index is 2.59. The maximum absolute atomic E-state index is 5.96. The van der Waals surface area contributed by atoms with Crippen molar-refractivity contribution < 1.29 is 9.47 Å². The minimum atomic E-state index is 0.616. The molecule has 0 aliphatic rings. The molecule has 114 valence electrons. The van der Waals surface area contributed by atoms with Crippen molar-refractivity contribution in [1.82, 2.24) is 10.3 Å². The Kier molecular flexibility index (Phi) is 8.23. The van der Waals surface area contributed by atoms with Crippen LogP contribution in [0.2, 0.25) is 0 Å². The first-order valence-electron chi connectivity index (χ1n) is 7.50. The molecule has 0 atom stereocenters. The van der Waals surface area contributed by atoms with E-state index in [0.717, 1.165) is 43.1 Å². The van der Waals surface area contributed by atoms with Gasteiger partial charge >= 0.3 is 0 Å². The summed E-state index contributed by atoms with van der Waals surface area (Å²) in [5.74, 6) is 1.51. The smallest absolute Gasteiger partial charge is 0.142 e. The van der Waals surface area contributed by atoms with Crippen molar-refractivity contribution in [2.75, 3.05) is 26.9 Å². The summed E-state index contributed by atoms with van der Waals surface area (Å²) < 4.78 is 11.0. The van der Waals surface area contributed by atoms with Gasteiger partial charge in [0.25, 0.3) is 0 Å². The first kappa shape index (κ1) is 16.9. The summed E-state index contributed by atoms with van der Waals surface area (Å²) in [5, 5.41) is 3.32. The summed E-state index contributed by atoms with van der Waals surface area (Å²) in [7, 11) is 1.71. The van der Waals surface area contributed by atoms with Gasteiger partial charge in [-0.25, -0.2) is 0 Å². The molecule has 1 rings (SSSR count). The van der Waals surface area contributed by atoms with Gasteiger partial charge in [-0.15, -0.1) is 0 Å².